The van der Waals surface area contributed by atoms with E-state index in [1.807, 2.05) is 0 Å². The lowest BCUT2D eigenvalue weighted by Gasteiger charge is -2.44. The monoisotopic (exact) mass is 734 g/mol. The Labute approximate surface area is 299 Å². The largest absolute Gasteiger partial charge is 0.493 e. The van der Waals surface area contributed by atoms with Crippen molar-refractivity contribution in [2.24, 2.45) is 0 Å². The van der Waals surface area contributed by atoms with Crippen molar-refractivity contribution in [3.05, 3.63) is 48.0 Å². The molecule has 0 aromatic heterocycles. The van der Waals surface area contributed by atoms with Gasteiger partial charge in [-0.15, -0.1) is 0 Å². The van der Waals surface area contributed by atoms with Crippen LogP contribution in [0.1, 0.15) is 53.2 Å². The van der Waals surface area contributed by atoms with Crippen molar-refractivity contribution in [2.75, 3.05) is 27.4 Å². The normalized spacial score (nSPS) is 20.6. The van der Waals surface area contributed by atoms with Crippen LogP contribution in [-0.4, -0.2) is 100 Å². The van der Waals surface area contributed by atoms with Crippen molar-refractivity contribution >= 4 is 35.8 Å². The summed E-state index contributed by atoms with van der Waals surface area (Å²) in [5.41, 5.74) is 0.313. The zero-order valence-corrected chi connectivity index (χ0v) is 29.9. The van der Waals surface area contributed by atoms with Crippen LogP contribution in [-0.2, 0) is 61.9 Å². The van der Waals surface area contributed by atoms with E-state index in [2.05, 4.69) is 0 Å². The molecule has 1 heterocycles. The summed E-state index contributed by atoms with van der Waals surface area (Å²) in [6.07, 6.45) is -9.82. The van der Waals surface area contributed by atoms with Gasteiger partial charge in [0.25, 0.3) is 0 Å². The van der Waals surface area contributed by atoms with Gasteiger partial charge in [-0.25, -0.2) is 0 Å². The molecule has 1 aliphatic heterocycles. The average molecular weight is 735 g/mol. The zero-order chi connectivity index (χ0) is 38.5. The first-order chi connectivity index (χ1) is 24.6. The molecule has 0 bridgehead atoms. The third-order valence-corrected chi connectivity index (χ3v) is 7.12. The lowest BCUT2D eigenvalue weighted by atomic mass is 9.98. The van der Waals surface area contributed by atoms with Gasteiger partial charge in [0.15, 0.2) is 59.8 Å². The van der Waals surface area contributed by atoms with Gasteiger partial charge in [0, 0.05) is 47.1 Å². The summed E-state index contributed by atoms with van der Waals surface area (Å²) in [5.74, 6) is -3.74. The molecule has 52 heavy (non-hydrogen) atoms. The molecule has 3 rings (SSSR count). The Balaban J connectivity index is 2.13. The van der Waals surface area contributed by atoms with E-state index in [4.69, 9.17) is 52.1 Å². The molecular formula is C35H42O17. The predicted molar refractivity (Wildman–Crippen MR) is 174 cm³/mol. The van der Waals surface area contributed by atoms with E-state index < -0.39 is 91.9 Å². The van der Waals surface area contributed by atoms with E-state index in [0.717, 1.165) is 27.7 Å². The van der Waals surface area contributed by atoms with Gasteiger partial charge in [-0.1, -0.05) is 18.2 Å². The quantitative estimate of drug-likeness (QED) is 0.138. The first-order valence-corrected chi connectivity index (χ1v) is 15.9. The molecule has 0 aliphatic carbocycles. The fourth-order valence-corrected chi connectivity index (χ4v) is 5.21. The van der Waals surface area contributed by atoms with E-state index in [-0.39, 0.29) is 17.2 Å². The lowest BCUT2D eigenvalue weighted by molar-refractivity contribution is -0.311. The summed E-state index contributed by atoms with van der Waals surface area (Å²) < 4.78 is 62.0. The molecule has 0 saturated carbocycles. The average Bonchev–Trinajstić information content (AvgIpc) is 3.06. The first-order valence-electron chi connectivity index (χ1n) is 15.9. The van der Waals surface area contributed by atoms with Gasteiger partial charge in [0.2, 0.25) is 0 Å². The number of esters is 6. The molecule has 1 fully saturated rings. The minimum Gasteiger partial charge on any atom is -0.493 e. The SMILES string of the molecule is COc1cc([C@@H](OC(C)=O)[C@@H](CO[C@@H]2O[C@H](COC(C)=O)[C@@H](OC(C)=O)[C@H](OC(C)=O)[C@H]2OC(C)=O)Oc2ccccc2OC)ccc1OC(C)=O. The van der Waals surface area contributed by atoms with Crippen molar-refractivity contribution in [1.82, 2.24) is 0 Å². The Kier molecular flexibility index (Phi) is 15.2. The van der Waals surface area contributed by atoms with E-state index >= 15 is 0 Å². The number of para-hydroxylation sites is 2. The van der Waals surface area contributed by atoms with E-state index in [0.29, 0.717) is 11.3 Å². The maximum atomic E-state index is 12.5. The van der Waals surface area contributed by atoms with Crippen molar-refractivity contribution in [2.45, 2.75) is 84.5 Å². The second kappa shape index (κ2) is 19.3. The van der Waals surface area contributed by atoms with Gasteiger partial charge in [0.05, 0.1) is 20.8 Å². The second-order valence-corrected chi connectivity index (χ2v) is 11.2. The highest BCUT2D eigenvalue weighted by Gasteiger charge is 2.53. The number of rotatable bonds is 16. The van der Waals surface area contributed by atoms with E-state index in [1.54, 1.807) is 24.3 Å². The number of hydrogen-bond donors (Lipinski definition) is 0. The molecule has 0 amide bonds. The molecular weight excluding hydrogens is 692 g/mol. The molecule has 0 unspecified atom stereocenters. The summed E-state index contributed by atoms with van der Waals surface area (Å²) in [5, 5.41) is 0. The second-order valence-electron chi connectivity index (χ2n) is 11.2. The highest BCUT2D eigenvalue weighted by Crippen LogP contribution is 2.37. The van der Waals surface area contributed by atoms with Gasteiger partial charge in [-0.3, -0.25) is 28.8 Å². The summed E-state index contributed by atoms with van der Waals surface area (Å²) in [6, 6.07) is 11.0. The molecule has 1 aliphatic rings. The molecule has 7 atom stereocenters. The molecule has 2 aromatic rings. The Morgan fingerprint density at radius 1 is 0.654 bits per heavy atom. The van der Waals surface area contributed by atoms with Crippen molar-refractivity contribution in [1.29, 1.82) is 0 Å². The Morgan fingerprint density at radius 3 is 1.81 bits per heavy atom. The predicted octanol–water partition coefficient (Wildman–Crippen LogP) is 2.78. The molecule has 0 radical (unpaired) electrons. The van der Waals surface area contributed by atoms with Crippen LogP contribution in [0, 0.1) is 0 Å². The van der Waals surface area contributed by atoms with Crippen LogP contribution in [0.4, 0.5) is 0 Å². The fourth-order valence-electron chi connectivity index (χ4n) is 5.21. The molecule has 2 aromatic carbocycles. The van der Waals surface area contributed by atoms with Crippen molar-refractivity contribution in [3.63, 3.8) is 0 Å². The molecule has 284 valence electrons. The summed E-state index contributed by atoms with van der Waals surface area (Å²) in [6.45, 7) is 5.84. The highest BCUT2D eigenvalue weighted by molar-refractivity contribution is 5.71. The number of hydrogen-bond acceptors (Lipinski definition) is 17. The fraction of sp³-hybridized carbons (Fsp3) is 0.486. The van der Waals surface area contributed by atoms with E-state index in [1.165, 1.54) is 46.3 Å². The Hall–Kier alpha value is -5.42. The third kappa shape index (κ3) is 11.8. The van der Waals surface area contributed by atoms with Crippen molar-refractivity contribution in [3.8, 4) is 23.0 Å². The number of carbonyl (C=O) groups excluding carboxylic acids is 6. The summed E-state index contributed by atoms with van der Waals surface area (Å²) >= 11 is 0. The van der Waals surface area contributed by atoms with Gasteiger partial charge in [0.1, 0.15) is 12.7 Å². The van der Waals surface area contributed by atoms with Crippen LogP contribution < -0.4 is 18.9 Å². The minimum atomic E-state index is -1.58. The van der Waals surface area contributed by atoms with Gasteiger partial charge in [-0.2, -0.15) is 0 Å². The molecule has 17 nitrogen and oxygen atoms in total. The Bertz CT molecular complexity index is 1590. The smallest absolute Gasteiger partial charge is 0.308 e. The van der Waals surface area contributed by atoms with Crippen LogP contribution in [0.3, 0.4) is 0 Å². The zero-order valence-electron chi connectivity index (χ0n) is 29.9. The number of ether oxygens (including phenoxy) is 11. The maximum absolute atomic E-state index is 12.5. The standard InChI is InChI=1S/C35H42O17/c1-18(36)44-16-30-32(48-21(4)39)33(49-22(5)40)34(50-23(6)41)35(52-30)45-17-29(51-26-12-10-9-11-25(26)42-7)31(47-20(3)38)24-13-14-27(46-19(2)37)28(15-24)43-8/h9-15,29-35H,16-17H2,1-8H3/t29-,30-,31-,32-,33+,34-,35-/m1/s1. The molecule has 17 heteroatoms. The molecule has 0 N–H and O–H groups in total. The van der Waals surface area contributed by atoms with Gasteiger partial charge < -0.3 is 52.1 Å². The van der Waals surface area contributed by atoms with Crippen LogP contribution in [0.5, 0.6) is 23.0 Å². The van der Waals surface area contributed by atoms with Gasteiger partial charge >= 0.3 is 35.8 Å². The highest BCUT2D eigenvalue weighted by atomic mass is 16.7. The van der Waals surface area contributed by atoms with Crippen molar-refractivity contribution < 1.29 is 80.9 Å². The number of benzene rings is 2. The van der Waals surface area contributed by atoms with Crippen LogP contribution >= 0.6 is 0 Å². The minimum absolute atomic E-state index is 0.0938. The summed E-state index contributed by atoms with van der Waals surface area (Å²) in [7, 11) is 2.77. The van der Waals surface area contributed by atoms with Crippen LogP contribution in [0.2, 0.25) is 0 Å². The topological polar surface area (TPSA) is 204 Å². The number of carbonyl (C=O) groups is 6. The van der Waals surface area contributed by atoms with Crippen LogP contribution in [0.25, 0.3) is 0 Å². The first kappa shape index (κ1) is 41.0. The van der Waals surface area contributed by atoms with E-state index in [9.17, 15) is 28.8 Å². The van der Waals surface area contributed by atoms with Gasteiger partial charge in [-0.05, 0) is 24.3 Å². The van der Waals surface area contributed by atoms with Crippen LogP contribution in [0.15, 0.2) is 42.5 Å². The third-order valence-electron chi connectivity index (χ3n) is 7.12. The summed E-state index contributed by atoms with van der Waals surface area (Å²) in [4.78, 5) is 72.7. The molecule has 1 saturated heterocycles. The lowest BCUT2D eigenvalue weighted by Crippen LogP contribution is -2.63. The number of methoxy groups -OCH3 is 2. The Morgan fingerprint density at radius 2 is 1.25 bits per heavy atom. The maximum Gasteiger partial charge on any atom is 0.308 e. The molecule has 0 spiro atoms.